The van der Waals surface area contributed by atoms with Crippen molar-refractivity contribution in [1.29, 1.82) is 0 Å². The number of rotatable bonds is 43. The van der Waals surface area contributed by atoms with Gasteiger partial charge in [0.2, 0.25) is 0 Å². The minimum Gasteiger partial charge on any atom is -0.457 e. The predicted octanol–water partition coefficient (Wildman–Crippen LogP) is 11.4. The second-order valence-electron chi connectivity index (χ2n) is 17.3. The molecule has 0 bridgehead atoms. The zero-order chi connectivity index (χ0) is 41.4. The number of hydrogen-bond donors (Lipinski definition) is 4. The van der Waals surface area contributed by atoms with E-state index in [1.54, 1.807) is 0 Å². The molecule has 1 aliphatic heterocycles. The highest BCUT2D eigenvalue weighted by molar-refractivity contribution is 5.69. The van der Waals surface area contributed by atoms with E-state index in [4.69, 9.17) is 18.9 Å². The summed E-state index contributed by atoms with van der Waals surface area (Å²) in [6.45, 7) is 4.62. The molecule has 1 saturated heterocycles. The molecule has 1 rings (SSSR count). The zero-order valence-corrected chi connectivity index (χ0v) is 37.4. The van der Waals surface area contributed by atoms with Gasteiger partial charge >= 0.3 is 5.97 Å². The third kappa shape index (κ3) is 31.7. The molecule has 6 unspecified atom stereocenters. The lowest BCUT2D eigenvalue weighted by atomic mass is 9.99. The summed E-state index contributed by atoms with van der Waals surface area (Å²) in [4.78, 5) is 12.8. The van der Waals surface area contributed by atoms with E-state index in [1.807, 2.05) is 0 Å². The number of hydrogen-bond acceptors (Lipinski definition) is 9. The molecule has 0 spiro atoms. The van der Waals surface area contributed by atoms with E-state index in [-0.39, 0.29) is 19.2 Å². The molecule has 340 valence electrons. The van der Waals surface area contributed by atoms with E-state index < -0.39 is 43.4 Å². The summed E-state index contributed by atoms with van der Waals surface area (Å²) < 4.78 is 22.9. The molecular weight excluding hydrogens is 721 g/mol. The predicted molar refractivity (Wildman–Crippen MR) is 233 cm³/mol. The highest BCUT2D eigenvalue weighted by Gasteiger charge is 2.44. The first-order chi connectivity index (χ1) is 27.9. The summed E-state index contributed by atoms with van der Waals surface area (Å²) in [6.07, 6.45) is 37.0. The highest BCUT2D eigenvalue weighted by Crippen LogP contribution is 2.23. The lowest BCUT2D eigenvalue weighted by Crippen LogP contribution is -2.59. The quantitative estimate of drug-likeness (QED) is 0.0350. The molecule has 0 aliphatic carbocycles. The second kappa shape index (κ2) is 40.6. The van der Waals surface area contributed by atoms with Crippen LogP contribution in [0.5, 0.6) is 0 Å². The lowest BCUT2D eigenvalue weighted by Gasteiger charge is -2.39. The molecule has 0 saturated carbocycles. The van der Waals surface area contributed by atoms with E-state index in [2.05, 4.69) is 13.8 Å². The van der Waals surface area contributed by atoms with Crippen molar-refractivity contribution < 1.29 is 44.2 Å². The molecule has 1 fully saturated rings. The Morgan fingerprint density at radius 2 is 0.860 bits per heavy atom. The van der Waals surface area contributed by atoms with Gasteiger partial charge in [-0.2, -0.15) is 0 Å². The normalized spacial score (nSPS) is 20.3. The minimum atomic E-state index is -1.53. The summed E-state index contributed by atoms with van der Waals surface area (Å²) in [6, 6.07) is 0. The fourth-order valence-electron chi connectivity index (χ4n) is 7.91. The molecule has 0 radical (unpaired) electrons. The Labute approximate surface area is 351 Å². The van der Waals surface area contributed by atoms with Crippen LogP contribution in [-0.4, -0.2) is 89.6 Å². The van der Waals surface area contributed by atoms with Crippen molar-refractivity contribution in [3.63, 3.8) is 0 Å². The van der Waals surface area contributed by atoms with Crippen LogP contribution in [0.25, 0.3) is 0 Å². The van der Waals surface area contributed by atoms with E-state index in [0.29, 0.717) is 13.0 Å². The van der Waals surface area contributed by atoms with E-state index >= 15 is 0 Å². The average Bonchev–Trinajstić information content (AvgIpc) is 3.21. The summed E-state index contributed by atoms with van der Waals surface area (Å²) in [5.74, 6) is -0.307. The summed E-state index contributed by atoms with van der Waals surface area (Å²) in [5, 5.41) is 40.2. The summed E-state index contributed by atoms with van der Waals surface area (Å²) in [5.41, 5.74) is 0. The van der Waals surface area contributed by atoms with Gasteiger partial charge in [0.15, 0.2) is 6.29 Å². The second-order valence-corrected chi connectivity index (χ2v) is 17.3. The lowest BCUT2D eigenvalue weighted by molar-refractivity contribution is -0.305. The van der Waals surface area contributed by atoms with Gasteiger partial charge in [0, 0.05) is 13.0 Å². The fourth-order valence-corrected chi connectivity index (χ4v) is 7.91. The standard InChI is InChI=1S/C48H94O9/c1-3-5-7-9-11-13-15-17-19-20-21-22-23-24-26-28-30-32-34-36-38-54-40-42(41-55-48-47(53)46(52)45(51)43(39-49)57-48)56-44(50)37-35-33-31-29-27-25-18-16-14-12-10-8-6-4-2/h42-43,45-49,51-53H,3-41H2,1-2H3. The van der Waals surface area contributed by atoms with Crippen molar-refractivity contribution >= 4 is 5.97 Å². The number of ether oxygens (including phenoxy) is 4. The maximum atomic E-state index is 12.8. The van der Waals surface area contributed by atoms with Gasteiger partial charge in [-0.25, -0.2) is 0 Å². The Morgan fingerprint density at radius 3 is 1.25 bits per heavy atom. The van der Waals surface area contributed by atoms with Gasteiger partial charge in [-0.1, -0.05) is 219 Å². The number of aliphatic hydroxyl groups is 4. The van der Waals surface area contributed by atoms with E-state index in [1.165, 1.54) is 186 Å². The van der Waals surface area contributed by atoms with Gasteiger partial charge in [-0.3, -0.25) is 4.79 Å². The molecule has 9 heteroatoms. The van der Waals surface area contributed by atoms with Gasteiger partial charge in [-0.05, 0) is 12.8 Å². The Balaban J connectivity index is 2.19. The molecule has 0 aromatic heterocycles. The monoisotopic (exact) mass is 815 g/mol. The summed E-state index contributed by atoms with van der Waals surface area (Å²) in [7, 11) is 0. The number of carbonyl (C=O) groups excluding carboxylic acids is 1. The first-order valence-electron chi connectivity index (χ1n) is 24.6. The maximum Gasteiger partial charge on any atom is 0.306 e. The van der Waals surface area contributed by atoms with Crippen LogP contribution in [0.2, 0.25) is 0 Å². The SMILES string of the molecule is CCCCCCCCCCCCCCCCCCCCCCOCC(COC1OC(CO)C(O)C(O)C1O)OC(=O)CCCCCCCCCCCCCCCC. The van der Waals surface area contributed by atoms with Crippen LogP contribution >= 0.6 is 0 Å². The van der Waals surface area contributed by atoms with Gasteiger partial charge in [0.05, 0.1) is 19.8 Å². The largest absolute Gasteiger partial charge is 0.457 e. The van der Waals surface area contributed by atoms with Crippen LogP contribution in [0, 0.1) is 0 Å². The number of carbonyl (C=O) groups is 1. The van der Waals surface area contributed by atoms with Crippen LogP contribution < -0.4 is 0 Å². The minimum absolute atomic E-state index is 0.105. The molecule has 6 atom stereocenters. The molecule has 1 heterocycles. The molecule has 57 heavy (non-hydrogen) atoms. The fraction of sp³-hybridized carbons (Fsp3) is 0.979. The number of esters is 1. The van der Waals surface area contributed by atoms with Gasteiger partial charge in [-0.15, -0.1) is 0 Å². The zero-order valence-electron chi connectivity index (χ0n) is 37.4. The van der Waals surface area contributed by atoms with Crippen molar-refractivity contribution in [2.45, 2.75) is 275 Å². The molecular formula is C48H94O9. The van der Waals surface area contributed by atoms with E-state index in [9.17, 15) is 25.2 Å². The molecule has 9 nitrogen and oxygen atoms in total. The number of aliphatic hydroxyl groups excluding tert-OH is 4. The third-order valence-electron chi connectivity index (χ3n) is 11.8. The van der Waals surface area contributed by atoms with Crippen molar-refractivity contribution in [3.8, 4) is 0 Å². The Morgan fingerprint density at radius 1 is 0.491 bits per heavy atom. The smallest absolute Gasteiger partial charge is 0.306 e. The molecule has 4 N–H and O–H groups in total. The first kappa shape index (κ1) is 54.2. The van der Waals surface area contributed by atoms with Crippen LogP contribution in [0.15, 0.2) is 0 Å². The molecule has 0 aromatic rings. The molecule has 0 aromatic carbocycles. The van der Waals surface area contributed by atoms with Crippen LogP contribution in [0.4, 0.5) is 0 Å². The van der Waals surface area contributed by atoms with Gasteiger partial charge < -0.3 is 39.4 Å². The first-order valence-corrected chi connectivity index (χ1v) is 24.6. The van der Waals surface area contributed by atoms with Gasteiger partial charge in [0.25, 0.3) is 0 Å². The van der Waals surface area contributed by atoms with Crippen LogP contribution in [0.3, 0.4) is 0 Å². The van der Waals surface area contributed by atoms with Crippen LogP contribution in [-0.2, 0) is 23.7 Å². The average molecular weight is 815 g/mol. The third-order valence-corrected chi connectivity index (χ3v) is 11.8. The molecule has 0 amide bonds. The summed E-state index contributed by atoms with van der Waals surface area (Å²) >= 11 is 0. The Bertz CT molecular complexity index is 843. The number of unbranched alkanes of at least 4 members (excludes halogenated alkanes) is 32. The van der Waals surface area contributed by atoms with Crippen molar-refractivity contribution in [3.05, 3.63) is 0 Å². The van der Waals surface area contributed by atoms with Crippen molar-refractivity contribution in [2.24, 2.45) is 0 Å². The highest BCUT2D eigenvalue weighted by atomic mass is 16.7. The maximum absolute atomic E-state index is 12.8. The Hall–Kier alpha value is -0.810. The topological polar surface area (TPSA) is 135 Å². The van der Waals surface area contributed by atoms with Crippen LogP contribution in [0.1, 0.15) is 239 Å². The van der Waals surface area contributed by atoms with E-state index in [0.717, 1.165) is 32.1 Å². The van der Waals surface area contributed by atoms with Gasteiger partial charge in [0.1, 0.15) is 30.5 Å². The van der Waals surface area contributed by atoms with Crippen molar-refractivity contribution in [1.82, 2.24) is 0 Å². The molecule has 1 aliphatic rings. The van der Waals surface area contributed by atoms with Crippen molar-refractivity contribution in [2.75, 3.05) is 26.4 Å². The Kier molecular flexibility index (Phi) is 38.6.